The Morgan fingerprint density at radius 3 is 3.05 bits per heavy atom. The van der Waals surface area contributed by atoms with Crippen LogP contribution >= 0.6 is 0 Å². The Labute approximate surface area is 121 Å². The molecule has 112 valence electrons. The van der Waals surface area contributed by atoms with Gasteiger partial charge in [-0.3, -0.25) is 4.79 Å². The molecular weight excluding hydrogens is 275 g/mol. The predicted molar refractivity (Wildman–Crippen MR) is 78.0 cm³/mol. The highest BCUT2D eigenvalue weighted by Gasteiger charge is 2.14. The molecule has 0 radical (unpaired) electrons. The zero-order chi connectivity index (χ0) is 15.2. The average Bonchev–Trinajstić information content (AvgIpc) is 2.86. The maximum absolute atomic E-state index is 12.0. The Morgan fingerprint density at radius 2 is 2.33 bits per heavy atom. The van der Waals surface area contributed by atoms with Gasteiger partial charge in [0.15, 0.2) is 0 Å². The summed E-state index contributed by atoms with van der Waals surface area (Å²) in [4.78, 5) is 22.7. The Kier molecular flexibility index (Phi) is 4.86. The zero-order valence-corrected chi connectivity index (χ0v) is 11.9. The van der Waals surface area contributed by atoms with E-state index in [1.165, 1.54) is 6.33 Å². The molecule has 0 atom stereocenters. The fraction of sp³-hybridized carbons (Fsp3) is 0.357. The van der Waals surface area contributed by atoms with Crippen LogP contribution in [0, 0.1) is 5.92 Å². The van der Waals surface area contributed by atoms with E-state index in [9.17, 15) is 9.18 Å². The summed E-state index contributed by atoms with van der Waals surface area (Å²) in [6.07, 6.45) is 5.26. The first-order chi connectivity index (χ1) is 10.1. The largest absolute Gasteiger partial charge is 0.477 e. The third kappa shape index (κ3) is 3.77. The molecule has 0 aliphatic heterocycles. The standard InChI is InChI=1S/C14H17FN4O2/c1-9(2)7-21-14-12-10(19-11(20)4-3-5-15)6-16-13(12)17-8-18-14/h3-4,6,8-9H,5,7H2,1-2H3,(H,19,20)(H,16,17,18)/b4-3+. The van der Waals surface area contributed by atoms with E-state index in [4.69, 9.17) is 4.74 Å². The highest BCUT2D eigenvalue weighted by atomic mass is 19.1. The highest BCUT2D eigenvalue weighted by molar-refractivity contribution is 6.06. The molecule has 0 saturated heterocycles. The highest BCUT2D eigenvalue weighted by Crippen LogP contribution is 2.29. The molecule has 0 aliphatic carbocycles. The van der Waals surface area contributed by atoms with E-state index in [1.807, 2.05) is 13.8 Å². The van der Waals surface area contributed by atoms with Gasteiger partial charge in [-0.05, 0) is 12.0 Å². The monoisotopic (exact) mass is 292 g/mol. The number of hydrogen-bond donors (Lipinski definition) is 2. The van der Waals surface area contributed by atoms with E-state index in [2.05, 4.69) is 20.3 Å². The Balaban J connectivity index is 2.27. The minimum atomic E-state index is -0.687. The smallest absolute Gasteiger partial charge is 0.248 e. The Bertz CT molecular complexity index is 651. The molecule has 0 bridgehead atoms. The van der Waals surface area contributed by atoms with E-state index in [1.54, 1.807) is 6.20 Å². The molecule has 1 amide bonds. The lowest BCUT2D eigenvalue weighted by Gasteiger charge is -2.09. The van der Waals surface area contributed by atoms with Gasteiger partial charge in [-0.25, -0.2) is 14.4 Å². The fourth-order valence-electron chi connectivity index (χ4n) is 1.71. The van der Waals surface area contributed by atoms with Crippen molar-refractivity contribution in [3.8, 4) is 5.88 Å². The van der Waals surface area contributed by atoms with Crippen molar-refractivity contribution in [3.63, 3.8) is 0 Å². The minimum Gasteiger partial charge on any atom is -0.477 e. The second kappa shape index (κ2) is 6.83. The van der Waals surface area contributed by atoms with Crippen molar-refractivity contribution >= 4 is 22.6 Å². The van der Waals surface area contributed by atoms with Crippen LogP contribution in [0.4, 0.5) is 10.1 Å². The number of halogens is 1. The number of hydrogen-bond acceptors (Lipinski definition) is 4. The van der Waals surface area contributed by atoms with Crippen molar-refractivity contribution in [2.75, 3.05) is 18.6 Å². The number of ether oxygens (including phenoxy) is 1. The number of H-pyrrole nitrogens is 1. The van der Waals surface area contributed by atoms with Crippen molar-refractivity contribution in [1.29, 1.82) is 0 Å². The molecule has 0 aliphatic rings. The third-order valence-corrected chi connectivity index (χ3v) is 2.60. The third-order valence-electron chi connectivity index (χ3n) is 2.60. The van der Waals surface area contributed by atoms with E-state index in [-0.39, 0.29) is 0 Å². The first-order valence-corrected chi connectivity index (χ1v) is 6.60. The topological polar surface area (TPSA) is 79.9 Å². The molecule has 2 N–H and O–H groups in total. The van der Waals surface area contributed by atoms with Crippen LogP contribution in [-0.2, 0) is 4.79 Å². The van der Waals surface area contributed by atoms with Gasteiger partial charge in [0.2, 0.25) is 11.8 Å². The van der Waals surface area contributed by atoms with Crippen LogP contribution in [0.2, 0.25) is 0 Å². The SMILES string of the molecule is CC(C)COc1ncnc2[nH]cc(NC(=O)/C=C/CF)c12. The first-order valence-electron chi connectivity index (χ1n) is 6.60. The van der Waals surface area contributed by atoms with Crippen molar-refractivity contribution in [1.82, 2.24) is 15.0 Å². The number of allylic oxidation sites excluding steroid dienone is 1. The molecule has 2 aromatic heterocycles. The molecular formula is C14H17FN4O2. The second-order valence-corrected chi connectivity index (χ2v) is 4.86. The molecule has 6 nitrogen and oxygen atoms in total. The number of amides is 1. The maximum Gasteiger partial charge on any atom is 0.248 e. The van der Waals surface area contributed by atoms with E-state index in [0.717, 1.165) is 12.2 Å². The number of rotatable bonds is 6. The molecule has 0 saturated carbocycles. The molecule has 0 spiro atoms. The Hall–Kier alpha value is -2.44. The van der Waals surface area contributed by atoms with E-state index in [0.29, 0.717) is 35.1 Å². The molecule has 2 heterocycles. The summed E-state index contributed by atoms with van der Waals surface area (Å²) in [5.41, 5.74) is 1.06. The van der Waals surface area contributed by atoms with Gasteiger partial charge >= 0.3 is 0 Å². The second-order valence-electron chi connectivity index (χ2n) is 4.86. The molecule has 0 unspecified atom stereocenters. The molecule has 21 heavy (non-hydrogen) atoms. The number of aromatic nitrogens is 3. The van der Waals surface area contributed by atoms with Crippen LogP contribution in [0.15, 0.2) is 24.7 Å². The fourth-order valence-corrected chi connectivity index (χ4v) is 1.71. The summed E-state index contributed by atoms with van der Waals surface area (Å²) in [6, 6.07) is 0. The number of nitrogens with zero attached hydrogens (tertiary/aromatic N) is 2. The van der Waals surface area contributed by atoms with Gasteiger partial charge in [-0.15, -0.1) is 0 Å². The lowest BCUT2D eigenvalue weighted by atomic mass is 10.2. The van der Waals surface area contributed by atoms with Gasteiger partial charge in [-0.2, -0.15) is 0 Å². The predicted octanol–water partition coefficient (Wildman–Crippen LogP) is 2.46. The number of alkyl halides is 1. The van der Waals surface area contributed by atoms with Gasteiger partial charge in [-0.1, -0.05) is 13.8 Å². The Morgan fingerprint density at radius 1 is 1.52 bits per heavy atom. The molecule has 0 aromatic carbocycles. The summed E-state index contributed by atoms with van der Waals surface area (Å²) in [5.74, 6) is 0.325. The maximum atomic E-state index is 12.0. The summed E-state index contributed by atoms with van der Waals surface area (Å²) >= 11 is 0. The van der Waals surface area contributed by atoms with E-state index >= 15 is 0 Å². The van der Waals surface area contributed by atoms with Crippen molar-refractivity contribution in [2.24, 2.45) is 5.92 Å². The lowest BCUT2D eigenvalue weighted by molar-refractivity contribution is -0.111. The van der Waals surface area contributed by atoms with Crippen LogP contribution in [0.1, 0.15) is 13.8 Å². The van der Waals surface area contributed by atoms with Gasteiger partial charge < -0.3 is 15.0 Å². The van der Waals surface area contributed by atoms with Crippen LogP contribution in [-0.4, -0.2) is 34.1 Å². The number of carbonyl (C=O) groups is 1. The van der Waals surface area contributed by atoms with Gasteiger partial charge in [0.25, 0.3) is 0 Å². The average molecular weight is 292 g/mol. The van der Waals surface area contributed by atoms with Gasteiger partial charge in [0.1, 0.15) is 24.0 Å². The molecule has 2 rings (SSSR count). The summed E-state index contributed by atoms with van der Waals surface area (Å²) < 4.78 is 17.7. The minimum absolute atomic E-state index is 0.347. The number of fused-ring (bicyclic) bond motifs is 1. The number of nitrogens with one attached hydrogen (secondary N) is 2. The molecule has 7 heteroatoms. The molecule has 0 fully saturated rings. The van der Waals surface area contributed by atoms with Crippen molar-refractivity contribution in [2.45, 2.75) is 13.8 Å². The van der Waals surface area contributed by atoms with Crippen LogP contribution in [0.5, 0.6) is 5.88 Å². The van der Waals surface area contributed by atoms with Crippen LogP contribution < -0.4 is 10.1 Å². The number of carbonyl (C=O) groups excluding carboxylic acids is 1. The summed E-state index contributed by atoms with van der Waals surface area (Å²) in [5, 5.41) is 3.24. The summed E-state index contributed by atoms with van der Waals surface area (Å²) in [7, 11) is 0. The van der Waals surface area contributed by atoms with Gasteiger partial charge in [0.05, 0.1) is 12.3 Å². The van der Waals surface area contributed by atoms with Gasteiger partial charge in [0, 0.05) is 12.3 Å². The normalized spacial score (nSPS) is 11.4. The number of aromatic amines is 1. The molecule has 2 aromatic rings. The number of anilines is 1. The van der Waals surface area contributed by atoms with Crippen LogP contribution in [0.25, 0.3) is 11.0 Å². The quantitative estimate of drug-likeness (QED) is 0.801. The zero-order valence-electron chi connectivity index (χ0n) is 11.9. The van der Waals surface area contributed by atoms with E-state index < -0.39 is 12.6 Å². The first kappa shape index (κ1) is 15.0. The van der Waals surface area contributed by atoms with Crippen molar-refractivity contribution in [3.05, 3.63) is 24.7 Å². The lowest BCUT2D eigenvalue weighted by Crippen LogP contribution is -2.09. The summed E-state index contributed by atoms with van der Waals surface area (Å²) in [6.45, 7) is 3.87. The van der Waals surface area contributed by atoms with Crippen molar-refractivity contribution < 1.29 is 13.9 Å². The van der Waals surface area contributed by atoms with Crippen LogP contribution in [0.3, 0.4) is 0 Å².